The fourth-order valence-electron chi connectivity index (χ4n) is 13.1. The topological polar surface area (TPSA) is 44.5 Å². The Morgan fingerprint density at radius 1 is 0.371 bits per heavy atom. The molecule has 0 atom stereocenters. The molecule has 14 aromatic rings. The Hall–Kier alpha value is -8.61. The molecule has 0 saturated carbocycles. The second-order valence-corrected chi connectivity index (χ2v) is 19.8. The molecule has 2 aliphatic heterocycles. The van der Waals surface area contributed by atoms with Crippen molar-refractivity contribution in [2.75, 3.05) is 0 Å². The SMILES string of the molecule is Cc1cc2c3c(nc4n(-c5ccccc5)c5ccc(-c6ccc7c8c6ccc6c8n8c9c(cc(C)c(C)c9nc8n7-c7ccccc7)B6c6ccccc6)c6ccc(c(c65)n34)B2c2ccccc2)c1C. The van der Waals surface area contributed by atoms with E-state index in [1.807, 2.05) is 0 Å². The Morgan fingerprint density at radius 3 is 1.16 bits per heavy atom. The molecule has 0 saturated heterocycles. The van der Waals surface area contributed by atoms with Crippen molar-refractivity contribution < 1.29 is 0 Å². The molecule has 0 spiro atoms. The highest BCUT2D eigenvalue weighted by Crippen LogP contribution is 2.44. The Morgan fingerprint density at radius 2 is 0.757 bits per heavy atom. The number of imidazole rings is 2. The van der Waals surface area contributed by atoms with Crippen molar-refractivity contribution in [3.63, 3.8) is 0 Å². The normalized spacial score (nSPS) is 13.1. The van der Waals surface area contributed by atoms with Crippen molar-refractivity contribution in [3.8, 4) is 22.5 Å². The molecule has 10 aromatic carbocycles. The van der Waals surface area contributed by atoms with Crippen LogP contribution in [0.2, 0.25) is 0 Å². The lowest BCUT2D eigenvalue weighted by Gasteiger charge is -2.29. The number of hydrogen-bond donors (Lipinski definition) is 0. The van der Waals surface area contributed by atoms with Gasteiger partial charge in [-0.05, 0) is 130 Å². The van der Waals surface area contributed by atoms with Gasteiger partial charge in [0, 0.05) is 22.1 Å². The molecule has 6 heterocycles. The Balaban J connectivity index is 1.08. The van der Waals surface area contributed by atoms with Gasteiger partial charge in [0.05, 0.1) is 44.1 Å². The number of hydrogen-bond acceptors (Lipinski definition) is 2. The summed E-state index contributed by atoms with van der Waals surface area (Å²) in [5.74, 6) is 1.87. The third-order valence-electron chi connectivity index (χ3n) is 16.4. The van der Waals surface area contributed by atoms with Crippen molar-refractivity contribution in [3.05, 3.63) is 204 Å². The first-order valence-electron chi connectivity index (χ1n) is 24.5. The maximum absolute atomic E-state index is 5.63. The number of para-hydroxylation sites is 2. The van der Waals surface area contributed by atoms with Crippen LogP contribution in [0.1, 0.15) is 22.3 Å². The summed E-state index contributed by atoms with van der Waals surface area (Å²) in [6.07, 6.45) is 0. The number of rotatable bonds is 5. The summed E-state index contributed by atoms with van der Waals surface area (Å²) in [5.41, 5.74) is 26.7. The van der Waals surface area contributed by atoms with Crippen molar-refractivity contribution >= 4 is 123 Å². The van der Waals surface area contributed by atoms with E-state index in [1.165, 1.54) is 110 Å². The van der Waals surface area contributed by atoms with E-state index in [4.69, 9.17) is 9.97 Å². The van der Waals surface area contributed by atoms with Gasteiger partial charge in [0.15, 0.2) is 0 Å². The highest BCUT2D eigenvalue weighted by Gasteiger charge is 2.38. The summed E-state index contributed by atoms with van der Waals surface area (Å²) in [4.78, 5) is 11.3. The highest BCUT2D eigenvalue weighted by molar-refractivity contribution is 6.99. The Kier molecular flexibility index (Phi) is 7.43. The third kappa shape index (κ3) is 4.71. The average Bonchev–Trinajstić information content (AvgIpc) is 4.01. The largest absolute Gasteiger partial charge is 0.280 e. The number of aromatic nitrogens is 6. The van der Waals surface area contributed by atoms with Crippen LogP contribution in [0.15, 0.2) is 182 Å². The molecule has 0 fully saturated rings. The monoisotopic (exact) mass is 892 g/mol. The Labute approximate surface area is 403 Å². The number of nitrogens with zero attached hydrogens (tertiary/aromatic N) is 6. The van der Waals surface area contributed by atoms with Gasteiger partial charge in [0.1, 0.15) is 0 Å². The molecule has 0 aliphatic carbocycles. The van der Waals surface area contributed by atoms with Gasteiger partial charge in [-0.25, -0.2) is 9.97 Å². The van der Waals surface area contributed by atoms with Crippen LogP contribution in [-0.2, 0) is 0 Å². The first kappa shape index (κ1) is 38.4. The maximum Gasteiger partial charge on any atom is 0.246 e. The number of aryl methyl sites for hydroxylation is 4. The van der Waals surface area contributed by atoms with Crippen LogP contribution in [0.4, 0.5) is 0 Å². The quantitative estimate of drug-likeness (QED) is 0.162. The zero-order valence-electron chi connectivity index (χ0n) is 39.2. The summed E-state index contributed by atoms with van der Waals surface area (Å²) in [6, 6.07) is 67.8. The van der Waals surface area contributed by atoms with Crippen LogP contribution in [0.5, 0.6) is 0 Å². The van der Waals surface area contributed by atoms with Crippen LogP contribution in [0.25, 0.3) is 99.7 Å². The minimum Gasteiger partial charge on any atom is -0.280 e. The average molecular weight is 893 g/mol. The van der Waals surface area contributed by atoms with Gasteiger partial charge in [-0.2, -0.15) is 0 Å². The first-order chi connectivity index (χ1) is 34.4. The molecule has 326 valence electrons. The zero-order valence-corrected chi connectivity index (χ0v) is 39.2. The van der Waals surface area contributed by atoms with E-state index in [-0.39, 0.29) is 13.4 Å². The standard InChI is InChI=1S/C62H42B2N6/c1-35-33-49-59-55(37(35)3)65-61-67(41-21-13-7-14-22-41)51-31-27-43(45-25-29-47(57(53(45)51)69(59)61)63(49)39-17-9-5-10-18-39)44-28-32-52-54-46(44)26-30-48-58(54)70-60-50(64(48)40-19-11-6-12-20-40)34-36(2)38(4)56(60)66-62(70)68(52)42-23-15-8-16-24-42/h5-34H,1-4H3. The zero-order chi connectivity index (χ0) is 46.3. The van der Waals surface area contributed by atoms with E-state index < -0.39 is 0 Å². The third-order valence-corrected chi connectivity index (χ3v) is 16.4. The van der Waals surface area contributed by atoms with Crippen LogP contribution in [-0.4, -0.2) is 41.3 Å². The molecule has 0 N–H and O–H groups in total. The van der Waals surface area contributed by atoms with Gasteiger partial charge in [0.2, 0.25) is 25.0 Å². The molecule has 2 aliphatic rings. The van der Waals surface area contributed by atoms with Crippen molar-refractivity contribution in [2.24, 2.45) is 0 Å². The summed E-state index contributed by atoms with van der Waals surface area (Å²) in [7, 11) is 0. The number of benzene rings is 10. The molecule has 0 unspecified atom stereocenters. The van der Waals surface area contributed by atoms with Crippen molar-refractivity contribution in [2.45, 2.75) is 27.7 Å². The highest BCUT2D eigenvalue weighted by atomic mass is 15.2. The molecule has 16 rings (SSSR count). The molecule has 70 heavy (non-hydrogen) atoms. The Bertz CT molecular complexity index is 4330. The fourth-order valence-corrected chi connectivity index (χ4v) is 13.1. The van der Waals surface area contributed by atoms with E-state index in [0.29, 0.717) is 0 Å². The van der Waals surface area contributed by atoms with Gasteiger partial charge < -0.3 is 0 Å². The molecule has 0 radical (unpaired) electrons. The minimum atomic E-state index is 0.0433. The molecule has 6 nitrogen and oxygen atoms in total. The predicted molar refractivity (Wildman–Crippen MR) is 294 cm³/mol. The van der Waals surface area contributed by atoms with Crippen molar-refractivity contribution in [1.82, 2.24) is 27.9 Å². The lowest BCUT2D eigenvalue weighted by atomic mass is 9.35. The lowest BCUT2D eigenvalue weighted by Crippen LogP contribution is -2.55. The van der Waals surface area contributed by atoms with Gasteiger partial charge >= 0.3 is 0 Å². The smallest absolute Gasteiger partial charge is 0.246 e. The van der Waals surface area contributed by atoms with Crippen LogP contribution < -0.4 is 32.8 Å². The first-order valence-corrected chi connectivity index (χ1v) is 24.5. The van der Waals surface area contributed by atoms with Crippen LogP contribution in [0, 0.1) is 27.7 Å². The molecule has 8 heteroatoms. The van der Waals surface area contributed by atoms with E-state index in [1.54, 1.807) is 0 Å². The fraction of sp³-hybridized carbons (Fsp3) is 0.0645. The molecule has 0 amide bonds. The second kappa shape index (κ2) is 13.5. The summed E-state index contributed by atoms with van der Waals surface area (Å²) < 4.78 is 9.80. The van der Waals surface area contributed by atoms with Crippen molar-refractivity contribution in [1.29, 1.82) is 0 Å². The van der Waals surface area contributed by atoms with E-state index >= 15 is 0 Å². The second-order valence-electron chi connectivity index (χ2n) is 19.8. The van der Waals surface area contributed by atoms with Gasteiger partial charge in [0.25, 0.3) is 0 Å². The summed E-state index contributed by atoms with van der Waals surface area (Å²) >= 11 is 0. The van der Waals surface area contributed by atoms with Gasteiger partial charge in [-0.1, -0.05) is 157 Å². The molecular formula is C62H42B2N6. The van der Waals surface area contributed by atoms with E-state index in [9.17, 15) is 0 Å². The van der Waals surface area contributed by atoms with Gasteiger partial charge in [-0.3, -0.25) is 17.9 Å². The van der Waals surface area contributed by atoms with Crippen LogP contribution in [0.3, 0.4) is 0 Å². The lowest BCUT2D eigenvalue weighted by molar-refractivity contribution is 1.06. The van der Waals surface area contributed by atoms with Gasteiger partial charge in [-0.15, -0.1) is 0 Å². The molecular weight excluding hydrogens is 850 g/mol. The van der Waals surface area contributed by atoms with Crippen LogP contribution >= 0.6 is 0 Å². The van der Waals surface area contributed by atoms with E-state index in [0.717, 1.165) is 45.0 Å². The summed E-state index contributed by atoms with van der Waals surface area (Å²) in [6.45, 7) is 9.04. The van der Waals surface area contributed by atoms with E-state index in [2.05, 4.69) is 228 Å². The maximum atomic E-state index is 5.63. The minimum absolute atomic E-state index is 0.0433. The predicted octanol–water partition coefficient (Wildman–Crippen LogP) is 10.0. The molecule has 4 aromatic heterocycles. The molecule has 0 bridgehead atoms. The summed E-state index contributed by atoms with van der Waals surface area (Å²) in [5, 5.41) is 4.92.